The van der Waals surface area contributed by atoms with Gasteiger partial charge < -0.3 is 14.2 Å². The number of halogens is 1. The molecule has 0 saturated carbocycles. The SMILES string of the molecule is CCOc1c(COC)cc(Br)cc1COC. The first kappa shape index (κ1) is 13.5. The summed E-state index contributed by atoms with van der Waals surface area (Å²) in [6.07, 6.45) is 0. The van der Waals surface area contributed by atoms with E-state index in [2.05, 4.69) is 15.9 Å². The number of hydrogen-bond donors (Lipinski definition) is 0. The molecule has 0 spiro atoms. The number of hydrogen-bond acceptors (Lipinski definition) is 3. The first-order chi connectivity index (χ1) is 7.72. The van der Waals surface area contributed by atoms with Crippen molar-refractivity contribution in [3.63, 3.8) is 0 Å². The van der Waals surface area contributed by atoms with E-state index in [1.165, 1.54) is 0 Å². The molecule has 16 heavy (non-hydrogen) atoms. The van der Waals surface area contributed by atoms with Crippen molar-refractivity contribution in [1.82, 2.24) is 0 Å². The molecule has 1 rings (SSSR count). The fraction of sp³-hybridized carbons (Fsp3) is 0.500. The number of ether oxygens (including phenoxy) is 3. The van der Waals surface area contributed by atoms with Crippen molar-refractivity contribution >= 4 is 15.9 Å². The van der Waals surface area contributed by atoms with Gasteiger partial charge in [-0.25, -0.2) is 0 Å². The van der Waals surface area contributed by atoms with Crippen LogP contribution in [-0.4, -0.2) is 20.8 Å². The largest absolute Gasteiger partial charge is 0.493 e. The highest BCUT2D eigenvalue weighted by atomic mass is 79.9. The Morgan fingerprint density at radius 3 is 1.94 bits per heavy atom. The Balaban J connectivity index is 3.12. The number of methoxy groups -OCH3 is 2. The van der Waals surface area contributed by atoms with Crippen LogP contribution in [0.1, 0.15) is 18.1 Å². The van der Waals surface area contributed by atoms with Crippen LogP contribution in [0.3, 0.4) is 0 Å². The summed E-state index contributed by atoms with van der Waals surface area (Å²) < 4.78 is 17.0. The minimum atomic E-state index is 0.533. The van der Waals surface area contributed by atoms with E-state index in [0.29, 0.717) is 19.8 Å². The molecule has 0 aliphatic rings. The summed E-state index contributed by atoms with van der Waals surface area (Å²) in [5, 5.41) is 0. The van der Waals surface area contributed by atoms with E-state index in [4.69, 9.17) is 14.2 Å². The Morgan fingerprint density at radius 1 is 1.06 bits per heavy atom. The zero-order valence-electron chi connectivity index (χ0n) is 9.88. The van der Waals surface area contributed by atoms with Gasteiger partial charge in [-0.1, -0.05) is 15.9 Å². The quantitative estimate of drug-likeness (QED) is 0.805. The van der Waals surface area contributed by atoms with Crippen molar-refractivity contribution in [2.24, 2.45) is 0 Å². The van der Waals surface area contributed by atoms with Gasteiger partial charge in [0.1, 0.15) is 5.75 Å². The van der Waals surface area contributed by atoms with E-state index in [-0.39, 0.29) is 0 Å². The summed E-state index contributed by atoms with van der Waals surface area (Å²) in [4.78, 5) is 0. The molecular formula is C12H17BrO3. The third-order valence-corrected chi connectivity index (χ3v) is 2.55. The van der Waals surface area contributed by atoms with E-state index in [1.807, 2.05) is 19.1 Å². The lowest BCUT2D eigenvalue weighted by molar-refractivity contribution is 0.171. The zero-order chi connectivity index (χ0) is 12.0. The zero-order valence-corrected chi connectivity index (χ0v) is 11.5. The highest BCUT2D eigenvalue weighted by molar-refractivity contribution is 9.10. The van der Waals surface area contributed by atoms with E-state index in [9.17, 15) is 0 Å². The van der Waals surface area contributed by atoms with E-state index in [1.54, 1.807) is 14.2 Å². The second-order valence-corrected chi connectivity index (χ2v) is 4.27. The van der Waals surface area contributed by atoms with Crippen LogP contribution in [0.25, 0.3) is 0 Å². The van der Waals surface area contributed by atoms with Crippen molar-refractivity contribution in [2.45, 2.75) is 20.1 Å². The van der Waals surface area contributed by atoms with Gasteiger partial charge in [-0.3, -0.25) is 0 Å². The third kappa shape index (κ3) is 3.47. The van der Waals surface area contributed by atoms with E-state index < -0.39 is 0 Å². The normalized spacial score (nSPS) is 10.5. The monoisotopic (exact) mass is 288 g/mol. The Kier molecular flexibility index (Phi) is 5.80. The average Bonchev–Trinajstić information content (AvgIpc) is 2.24. The summed E-state index contributed by atoms with van der Waals surface area (Å²) in [7, 11) is 3.35. The maximum Gasteiger partial charge on any atom is 0.130 e. The second-order valence-electron chi connectivity index (χ2n) is 3.35. The standard InChI is InChI=1S/C12H17BrO3/c1-4-16-12-9(7-14-2)5-11(13)6-10(12)8-15-3/h5-6H,4,7-8H2,1-3H3. The molecule has 0 aliphatic heterocycles. The molecule has 0 bridgehead atoms. The summed E-state index contributed by atoms with van der Waals surface area (Å²) in [5.41, 5.74) is 2.07. The molecule has 0 amide bonds. The van der Waals surface area contributed by atoms with Crippen LogP contribution < -0.4 is 4.74 Å². The topological polar surface area (TPSA) is 27.7 Å². The Labute approximate surface area is 105 Å². The number of rotatable bonds is 6. The molecule has 0 fully saturated rings. The van der Waals surface area contributed by atoms with Gasteiger partial charge in [0, 0.05) is 29.8 Å². The molecule has 1 aromatic rings. The van der Waals surface area contributed by atoms with Crippen LogP contribution in [0.4, 0.5) is 0 Å². The van der Waals surface area contributed by atoms with Crippen molar-refractivity contribution in [3.8, 4) is 5.75 Å². The van der Waals surface area contributed by atoms with Gasteiger partial charge in [0.05, 0.1) is 19.8 Å². The summed E-state index contributed by atoms with van der Waals surface area (Å²) >= 11 is 3.47. The predicted octanol–water partition coefficient (Wildman–Crippen LogP) is 3.14. The molecule has 0 heterocycles. The highest BCUT2D eigenvalue weighted by Crippen LogP contribution is 2.29. The summed E-state index contributed by atoms with van der Waals surface area (Å²) in [6.45, 7) is 3.67. The maximum absolute atomic E-state index is 5.65. The van der Waals surface area contributed by atoms with Gasteiger partial charge in [0.15, 0.2) is 0 Å². The molecule has 0 atom stereocenters. The van der Waals surface area contributed by atoms with E-state index >= 15 is 0 Å². The van der Waals surface area contributed by atoms with Crippen LogP contribution in [0.15, 0.2) is 16.6 Å². The predicted molar refractivity (Wildman–Crippen MR) is 66.7 cm³/mol. The number of benzene rings is 1. The van der Waals surface area contributed by atoms with Crippen LogP contribution >= 0.6 is 15.9 Å². The average molecular weight is 289 g/mol. The molecule has 0 radical (unpaired) electrons. The summed E-state index contributed by atoms with van der Waals surface area (Å²) in [6, 6.07) is 4.02. The Morgan fingerprint density at radius 2 is 1.56 bits per heavy atom. The molecule has 1 aromatic carbocycles. The lowest BCUT2D eigenvalue weighted by Gasteiger charge is -2.15. The smallest absolute Gasteiger partial charge is 0.130 e. The molecule has 0 aromatic heterocycles. The first-order valence-electron chi connectivity index (χ1n) is 5.14. The highest BCUT2D eigenvalue weighted by Gasteiger charge is 2.11. The van der Waals surface area contributed by atoms with Gasteiger partial charge in [-0.05, 0) is 19.1 Å². The fourth-order valence-corrected chi connectivity index (χ4v) is 2.12. The molecule has 0 aliphatic carbocycles. The van der Waals surface area contributed by atoms with Gasteiger partial charge in [-0.15, -0.1) is 0 Å². The lowest BCUT2D eigenvalue weighted by Crippen LogP contribution is -2.03. The third-order valence-electron chi connectivity index (χ3n) is 2.10. The molecule has 0 unspecified atom stereocenters. The van der Waals surface area contributed by atoms with Crippen molar-refractivity contribution in [3.05, 3.63) is 27.7 Å². The summed E-state index contributed by atoms with van der Waals surface area (Å²) in [5.74, 6) is 0.870. The van der Waals surface area contributed by atoms with Crippen molar-refractivity contribution in [1.29, 1.82) is 0 Å². The maximum atomic E-state index is 5.65. The van der Waals surface area contributed by atoms with Gasteiger partial charge in [0.25, 0.3) is 0 Å². The minimum absolute atomic E-state index is 0.533. The van der Waals surface area contributed by atoms with Gasteiger partial charge in [-0.2, -0.15) is 0 Å². The Bertz CT molecular complexity index is 312. The van der Waals surface area contributed by atoms with Crippen molar-refractivity contribution < 1.29 is 14.2 Å². The van der Waals surface area contributed by atoms with Gasteiger partial charge >= 0.3 is 0 Å². The van der Waals surface area contributed by atoms with Crippen LogP contribution in [0.5, 0.6) is 5.75 Å². The molecule has 3 nitrogen and oxygen atoms in total. The van der Waals surface area contributed by atoms with Crippen LogP contribution in [0.2, 0.25) is 0 Å². The molecule has 0 saturated heterocycles. The minimum Gasteiger partial charge on any atom is -0.493 e. The first-order valence-corrected chi connectivity index (χ1v) is 5.94. The second kappa shape index (κ2) is 6.89. The molecular weight excluding hydrogens is 272 g/mol. The van der Waals surface area contributed by atoms with Crippen LogP contribution in [0, 0.1) is 0 Å². The fourth-order valence-electron chi connectivity index (χ4n) is 1.57. The molecule has 4 heteroatoms. The van der Waals surface area contributed by atoms with Gasteiger partial charge in [0.2, 0.25) is 0 Å². The Hall–Kier alpha value is -0.580. The molecule has 0 N–H and O–H groups in total. The molecule has 90 valence electrons. The lowest BCUT2D eigenvalue weighted by atomic mass is 10.1. The van der Waals surface area contributed by atoms with Crippen molar-refractivity contribution in [2.75, 3.05) is 20.8 Å². The van der Waals surface area contributed by atoms with E-state index in [0.717, 1.165) is 21.3 Å². The van der Waals surface area contributed by atoms with Crippen LogP contribution in [-0.2, 0) is 22.7 Å².